The van der Waals surface area contributed by atoms with Gasteiger partial charge < -0.3 is 9.72 Å². The first-order valence-corrected chi connectivity index (χ1v) is 9.66. The van der Waals surface area contributed by atoms with Crippen LogP contribution in [0.1, 0.15) is 27.8 Å². The van der Waals surface area contributed by atoms with Crippen LogP contribution in [0.15, 0.2) is 60.6 Å². The predicted molar refractivity (Wildman–Crippen MR) is 111 cm³/mol. The minimum Gasteiger partial charge on any atom is -0.451 e. The van der Waals surface area contributed by atoms with Crippen LogP contribution in [0.4, 0.5) is 5.13 Å². The van der Waals surface area contributed by atoms with Crippen LogP contribution in [-0.2, 0) is 9.53 Å². The average Bonchev–Trinajstić information content (AvgIpc) is 3.41. The van der Waals surface area contributed by atoms with Gasteiger partial charge in [-0.3, -0.25) is 14.5 Å². The Morgan fingerprint density at radius 3 is 2.69 bits per heavy atom. The number of benzene rings is 1. The molecule has 0 atom stereocenters. The number of nitrogens with zero attached hydrogens (tertiary/aromatic N) is 2. The van der Waals surface area contributed by atoms with Gasteiger partial charge >= 0.3 is 5.97 Å². The maximum Gasteiger partial charge on any atom is 0.355 e. The number of ether oxygens (including phenoxy) is 1. The lowest BCUT2D eigenvalue weighted by atomic mass is 10.2. The monoisotopic (exact) mass is 409 g/mol. The van der Waals surface area contributed by atoms with Gasteiger partial charge in [0.05, 0.1) is 5.69 Å². The summed E-state index contributed by atoms with van der Waals surface area (Å²) in [5.74, 6) is -1.31. The fourth-order valence-corrected chi connectivity index (χ4v) is 3.40. The summed E-state index contributed by atoms with van der Waals surface area (Å²) in [5, 5.41) is 2.35. The van der Waals surface area contributed by atoms with Crippen molar-refractivity contribution in [1.82, 2.24) is 9.97 Å². The van der Waals surface area contributed by atoms with E-state index in [-0.39, 0.29) is 18.0 Å². The first kappa shape index (κ1) is 20.2. The Morgan fingerprint density at radius 1 is 1.28 bits per heavy atom. The van der Waals surface area contributed by atoms with E-state index in [1.165, 1.54) is 35.4 Å². The van der Waals surface area contributed by atoms with Crippen LogP contribution < -0.4 is 4.90 Å². The highest BCUT2D eigenvalue weighted by molar-refractivity contribution is 7.14. The Morgan fingerprint density at radius 2 is 2.03 bits per heavy atom. The smallest absolute Gasteiger partial charge is 0.355 e. The summed E-state index contributed by atoms with van der Waals surface area (Å²) in [6.07, 6.45) is 3.00. The molecular formula is C21H19N3O4S. The second-order valence-corrected chi connectivity index (χ2v) is 6.95. The minimum atomic E-state index is -0.714. The molecule has 8 heteroatoms. The van der Waals surface area contributed by atoms with Crippen molar-refractivity contribution >= 4 is 34.1 Å². The van der Waals surface area contributed by atoms with Crippen LogP contribution in [0.5, 0.6) is 0 Å². The number of anilines is 1. The number of amides is 1. The number of carbonyl (C=O) groups is 3. The van der Waals surface area contributed by atoms with E-state index in [0.717, 1.165) is 11.3 Å². The molecule has 0 aliphatic heterocycles. The quantitative estimate of drug-likeness (QED) is 0.348. The molecule has 3 rings (SSSR count). The first-order valence-electron chi connectivity index (χ1n) is 8.78. The van der Waals surface area contributed by atoms with Crippen LogP contribution in [0.3, 0.4) is 0 Å². The topological polar surface area (TPSA) is 92.4 Å². The molecular weight excluding hydrogens is 390 g/mol. The van der Waals surface area contributed by atoms with E-state index in [0.29, 0.717) is 10.7 Å². The number of rotatable bonds is 8. The van der Waals surface area contributed by atoms with Crippen molar-refractivity contribution in [3.05, 3.63) is 71.9 Å². The summed E-state index contributed by atoms with van der Waals surface area (Å²) in [6, 6.07) is 11.0. The molecule has 148 valence electrons. The fraction of sp³-hybridized carbons (Fsp3) is 0.143. The van der Waals surface area contributed by atoms with E-state index in [9.17, 15) is 14.4 Å². The highest BCUT2D eigenvalue weighted by Crippen LogP contribution is 2.27. The Balaban J connectivity index is 1.68. The Bertz CT molecular complexity index is 1040. The van der Waals surface area contributed by atoms with E-state index in [2.05, 4.69) is 16.5 Å². The maximum absolute atomic E-state index is 12.6. The van der Waals surface area contributed by atoms with Crippen LogP contribution >= 0.6 is 11.3 Å². The summed E-state index contributed by atoms with van der Waals surface area (Å²) < 4.78 is 5.09. The van der Waals surface area contributed by atoms with Gasteiger partial charge in [0.1, 0.15) is 5.69 Å². The zero-order valence-corrected chi connectivity index (χ0v) is 16.6. The molecule has 0 bridgehead atoms. The number of nitrogens with one attached hydrogen (secondary N) is 1. The molecule has 7 nitrogen and oxygen atoms in total. The van der Waals surface area contributed by atoms with Crippen molar-refractivity contribution in [3.63, 3.8) is 0 Å². The summed E-state index contributed by atoms with van der Waals surface area (Å²) in [6.45, 7) is 4.84. The predicted octanol–water partition coefficient (Wildman–Crippen LogP) is 3.72. The summed E-state index contributed by atoms with van der Waals surface area (Å²) >= 11 is 1.32. The Hall–Kier alpha value is -3.52. The highest BCUT2D eigenvalue weighted by atomic mass is 32.1. The second-order valence-electron chi connectivity index (χ2n) is 6.11. The summed E-state index contributed by atoms with van der Waals surface area (Å²) in [5.41, 5.74) is 2.18. The molecule has 1 amide bonds. The number of ketones is 1. The van der Waals surface area contributed by atoms with Gasteiger partial charge in [-0.25, -0.2) is 9.78 Å². The van der Waals surface area contributed by atoms with Gasteiger partial charge in [-0.15, -0.1) is 17.9 Å². The van der Waals surface area contributed by atoms with Crippen molar-refractivity contribution in [2.75, 3.05) is 18.1 Å². The molecule has 0 aliphatic carbocycles. The number of thiazole rings is 1. The van der Waals surface area contributed by atoms with E-state index in [4.69, 9.17) is 4.74 Å². The molecule has 0 spiro atoms. The lowest BCUT2D eigenvalue weighted by Crippen LogP contribution is -2.34. The Labute approximate surface area is 171 Å². The normalized spacial score (nSPS) is 10.4. The van der Waals surface area contributed by atoms with Crippen LogP contribution in [0.2, 0.25) is 0 Å². The molecule has 3 aromatic rings. The molecule has 0 fully saturated rings. The lowest BCUT2D eigenvalue weighted by molar-refractivity contribution is -0.121. The van der Waals surface area contributed by atoms with Crippen molar-refractivity contribution in [3.8, 4) is 11.3 Å². The minimum absolute atomic E-state index is 0.110. The molecule has 0 unspecified atom stereocenters. The van der Waals surface area contributed by atoms with Gasteiger partial charge in [0.25, 0.3) is 5.91 Å². The average molecular weight is 409 g/mol. The third-order valence-electron chi connectivity index (χ3n) is 4.04. The lowest BCUT2D eigenvalue weighted by Gasteiger charge is -2.17. The number of hydrogen-bond acceptors (Lipinski definition) is 6. The molecule has 29 heavy (non-hydrogen) atoms. The molecule has 2 aromatic heterocycles. The maximum atomic E-state index is 12.6. The van der Waals surface area contributed by atoms with Crippen LogP contribution in [0, 0.1) is 0 Å². The van der Waals surface area contributed by atoms with Crippen LogP contribution in [-0.4, -0.2) is 40.8 Å². The summed E-state index contributed by atoms with van der Waals surface area (Å²) in [4.78, 5) is 44.7. The standard InChI is InChI=1S/C21H19N3O4S/c1-3-9-24(21-23-18(13-29-21)15-7-5-4-6-8-15)19(26)12-28-20(27)17-10-16(11-22-17)14(2)25/h3-8,10-11,13,22H,1,9,12H2,2H3. The molecule has 0 saturated heterocycles. The first-order chi connectivity index (χ1) is 14.0. The number of carbonyl (C=O) groups excluding carboxylic acids is 3. The van der Waals surface area contributed by atoms with Crippen molar-refractivity contribution in [2.24, 2.45) is 0 Å². The van der Waals surface area contributed by atoms with Gasteiger partial charge in [0.15, 0.2) is 17.5 Å². The third kappa shape index (κ3) is 4.85. The van der Waals surface area contributed by atoms with Crippen molar-refractivity contribution < 1.29 is 19.1 Å². The molecule has 1 aromatic carbocycles. The van der Waals surface area contributed by atoms with Gasteiger partial charge in [-0.2, -0.15) is 0 Å². The second kappa shape index (κ2) is 9.11. The Kier molecular flexibility index (Phi) is 6.36. The number of hydrogen-bond donors (Lipinski definition) is 1. The van der Waals surface area contributed by atoms with Crippen molar-refractivity contribution in [1.29, 1.82) is 0 Å². The molecule has 0 radical (unpaired) electrons. The summed E-state index contributed by atoms with van der Waals surface area (Å²) in [7, 11) is 0. The zero-order chi connectivity index (χ0) is 20.8. The molecule has 0 aliphatic rings. The largest absolute Gasteiger partial charge is 0.451 e. The molecule has 1 N–H and O–H groups in total. The van der Waals surface area contributed by atoms with Gasteiger partial charge in [-0.05, 0) is 13.0 Å². The van der Waals surface area contributed by atoms with E-state index in [1.807, 2.05) is 35.7 Å². The number of aromatic nitrogens is 2. The highest BCUT2D eigenvalue weighted by Gasteiger charge is 2.21. The van der Waals surface area contributed by atoms with Gasteiger partial charge in [0, 0.05) is 29.2 Å². The van der Waals surface area contributed by atoms with E-state index >= 15 is 0 Å². The van der Waals surface area contributed by atoms with Gasteiger partial charge in [-0.1, -0.05) is 36.4 Å². The SMILES string of the molecule is C=CCN(C(=O)COC(=O)c1cc(C(C)=O)c[nH]1)c1nc(-c2ccccc2)cs1. The number of esters is 1. The number of Topliss-reactive ketones (excluding diaryl/α,β-unsaturated/α-hetero) is 1. The molecule has 0 saturated carbocycles. The van der Waals surface area contributed by atoms with E-state index in [1.54, 1.807) is 6.08 Å². The zero-order valence-electron chi connectivity index (χ0n) is 15.8. The van der Waals surface area contributed by atoms with Crippen molar-refractivity contribution in [2.45, 2.75) is 6.92 Å². The molecule has 2 heterocycles. The number of aromatic amines is 1. The van der Waals surface area contributed by atoms with Crippen LogP contribution in [0.25, 0.3) is 11.3 Å². The number of H-pyrrole nitrogens is 1. The third-order valence-corrected chi connectivity index (χ3v) is 4.91. The van der Waals surface area contributed by atoms with E-state index < -0.39 is 18.5 Å². The fourth-order valence-electron chi connectivity index (χ4n) is 2.54. The van der Waals surface area contributed by atoms with Gasteiger partial charge in [0.2, 0.25) is 0 Å².